The molecule has 2 aliphatic carbocycles. The summed E-state index contributed by atoms with van der Waals surface area (Å²) >= 11 is 0. The molecule has 2 saturated heterocycles. The second-order valence-electron chi connectivity index (χ2n) is 16.8. The molecule has 5 heterocycles. The molecule has 52 heavy (non-hydrogen) atoms. The zero-order valence-electron chi connectivity index (χ0n) is 30.9. The minimum Gasteiger partial charge on any atom is -0.444 e. The molecule has 3 amide bonds. The molecular weight excluding hydrogens is 656 g/mol. The van der Waals surface area contributed by atoms with Gasteiger partial charge in [-0.1, -0.05) is 18.2 Å². The lowest BCUT2D eigenvalue weighted by Gasteiger charge is -2.42. The lowest BCUT2D eigenvalue weighted by atomic mass is 9.83. The minimum atomic E-state index is -0.583. The largest absolute Gasteiger partial charge is 0.444 e. The van der Waals surface area contributed by atoms with E-state index in [0.717, 1.165) is 80.6 Å². The van der Waals surface area contributed by atoms with Crippen LogP contribution in [0.1, 0.15) is 99.5 Å². The molecular formula is C41H52N6O5. The maximum atomic E-state index is 13.8. The Labute approximate surface area is 305 Å². The number of likely N-dealkylation sites (tertiary alicyclic amines) is 2. The molecule has 1 atom stereocenters. The maximum Gasteiger partial charge on any atom is 0.407 e. The third kappa shape index (κ3) is 6.91. The summed E-state index contributed by atoms with van der Waals surface area (Å²) in [6.45, 7) is 11.1. The number of benzene rings is 1. The molecule has 2 N–H and O–H groups in total. The number of amides is 3. The average Bonchev–Trinajstić information content (AvgIpc) is 3.75. The van der Waals surface area contributed by atoms with Crippen molar-refractivity contribution in [3.05, 3.63) is 59.3 Å². The standard InChI is InChI=1S/C41H52N6O5/c1-25-34-17-14-29(39(50)44-18-6-8-31(24-44)42-40(51)52-41(2,3)4)23-47(34)43-36(25)35-19-28-7-5-9-33(37(28)46(35)20-26-10-11-26)30-21-45(22-30)38(49)27-12-15-32(48)16-13-27/h5,7,9,14,17,19,23,26-27,30-32,48H,6,8,10-13,15-16,18,20-22,24H2,1-4H3,(H,42,51)/t27-,31-,32-/m1/s1. The molecule has 0 unspecified atom stereocenters. The second-order valence-corrected chi connectivity index (χ2v) is 16.8. The Morgan fingerprint density at radius 2 is 1.73 bits per heavy atom. The lowest BCUT2D eigenvalue weighted by Crippen LogP contribution is -2.51. The van der Waals surface area contributed by atoms with E-state index in [-0.39, 0.29) is 35.8 Å². The van der Waals surface area contributed by atoms with Gasteiger partial charge in [-0.05, 0) is 109 Å². The number of pyridine rings is 1. The number of hydrogen-bond donors (Lipinski definition) is 2. The van der Waals surface area contributed by atoms with Crippen LogP contribution in [0.3, 0.4) is 0 Å². The molecule has 3 aromatic heterocycles. The number of carbonyl (C=O) groups is 3. The Hall–Kier alpha value is -4.38. The second kappa shape index (κ2) is 13.5. The molecule has 0 bridgehead atoms. The summed E-state index contributed by atoms with van der Waals surface area (Å²) in [6, 6.07) is 12.5. The fourth-order valence-electron chi connectivity index (χ4n) is 8.54. The Balaban J connectivity index is 1.04. The number of nitrogens with zero attached hydrogens (tertiary/aromatic N) is 5. The van der Waals surface area contributed by atoms with Crippen LogP contribution in [0, 0.1) is 18.8 Å². The van der Waals surface area contributed by atoms with Crippen LogP contribution < -0.4 is 5.32 Å². The van der Waals surface area contributed by atoms with Gasteiger partial charge in [-0.25, -0.2) is 9.31 Å². The molecule has 0 radical (unpaired) electrons. The van der Waals surface area contributed by atoms with E-state index in [1.807, 2.05) is 53.4 Å². The Morgan fingerprint density at radius 3 is 2.46 bits per heavy atom. The number of fused-ring (bicyclic) bond motifs is 2. The fourth-order valence-corrected chi connectivity index (χ4v) is 8.54. The van der Waals surface area contributed by atoms with Gasteiger partial charge in [-0.3, -0.25) is 9.59 Å². The van der Waals surface area contributed by atoms with E-state index in [2.05, 4.69) is 41.1 Å². The van der Waals surface area contributed by atoms with Crippen LogP contribution in [-0.4, -0.2) is 90.9 Å². The number of nitrogens with one attached hydrogen (secondary N) is 1. The average molecular weight is 709 g/mol. The summed E-state index contributed by atoms with van der Waals surface area (Å²) in [4.78, 5) is 43.3. The molecule has 2 saturated carbocycles. The van der Waals surface area contributed by atoms with Crippen molar-refractivity contribution >= 4 is 34.3 Å². The number of piperidine rings is 1. The van der Waals surface area contributed by atoms with Gasteiger partial charge in [-0.2, -0.15) is 5.10 Å². The molecule has 276 valence electrons. The first-order valence-corrected chi connectivity index (χ1v) is 19.3. The molecule has 4 aromatic rings. The van der Waals surface area contributed by atoms with Gasteiger partial charge in [-0.15, -0.1) is 0 Å². The van der Waals surface area contributed by atoms with Gasteiger partial charge in [0.15, 0.2) is 0 Å². The minimum absolute atomic E-state index is 0.0391. The van der Waals surface area contributed by atoms with Crippen LogP contribution in [0.25, 0.3) is 27.8 Å². The number of aryl methyl sites for hydroxylation is 1. The highest BCUT2D eigenvalue weighted by atomic mass is 16.6. The summed E-state index contributed by atoms with van der Waals surface area (Å²) in [5.74, 6) is 1.14. The Bertz CT molecular complexity index is 2010. The van der Waals surface area contributed by atoms with Crippen molar-refractivity contribution in [1.82, 2.24) is 29.3 Å². The predicted molar refractivity (Wildman–Crippen MR) is 199 cm³/mol. The van der Waals surface area contributed by atoms with Crippen molar-refractivity contribution in [3.8, 4) is 11.4 Å². The highest BCUT2D eigenvalue weighted by Gasteiger charge is 2.38. The molecule has 8 rings (SSSR count). The number of alkyl carbamates (subject to hydrolysis) is 1. The molecule has 11 heteroatoms. The quantitative estimate of drug-likeness (QED) is 0.233. The normalized spacial score (nSPS) is 22.8. The smallest absolute Gasteiger partial charge is 0.407 e. The highest BCUT2D eigenvalue weighted by molar-refractivity contribution is 5.95. The number of aliphatic hydroxyl groups is 1. The Morgan fingerprint density at radius 1 is 0.962 bits per heavy atom. The monoisotopic (exact) mass is 708 g/mol. The van der Waals surface area contributed by atoms with Crippen molar-refractivity contribution in [1.29, 1.82) is 0 Å². The van der Waals surface area contributed by atoms with Crippen molar-refractivity contribution in [2.24, 2.45) is 11.8 Å². The van der Waals surface area contributed by atoms with Gasteiger partial charge in [0.05, 0.1) is 28.4 Å². The van der Waals surface area contributed by atoms with Crippen LogP contribution in [0.4, 0.5) is 4.79 Å². The summed E-state index contributed by atoms with van der Waals surface area (Å²) < 4.78 is 9.77. The number of aliphatic hydroxyl groups excluding tert-OH is 1. The van der Waals surface area contributed by atoms with Crippen LogP contribution in [-0.2, 0) is 16.1 Å². The number of carbonyl (C=O) groups excluding carboxylic acids is 3. The molecule has 11 nitrogen and oxygen atoms in total. The van der Waals surface area contributed by atoms with E-state index in [4.69, 9.17) is 9.84 Å². The van der Waals surface area contributed by atoms with Gasteiger partial charge in [0.1, 0.15) is 11.3 Å². The van der Waals surface area contributed by atoms with Gasteiger partial charge >= 0.3 is 6.09 Å². The maximum absolute atomic E-state index is 13.8. The zero-order valence-corrected chi connectivity index (χ0v) is 30.9. The first kappa shape index (κ1) is 34.7. The van der Waals surface area contributed by atoms with Crippen molar-refractivity contribution < 1.29 is 24.2 Å². The third-order valence-electron chi connectivity index (χ3n) is 11.6. The third-order valence-corrected chi connectivity index (χ3v) is 11.6. The first-order valence-electron chi connectivity index (χ1n) is 19.3. The van der Waals surface area contributed by atoms with E-state index in [1.165, 1.54) is 29.3 Å². The number of para-hydroxylation sites is 1. The predicted octanol–water partition coefficient (Wildman–Crippen LogP) is 6.28. The van der Waals surface area contributed by atoms with Crippen LogP contribution in [0.2, 0.25) is 0 Å². The highest BCUT2D eigenvalue weighted by Crippen LogP contribution is 2.41. The molecule has 0 spiro atoms. The van der Waals surface area contributed by atoms with Crippen molar-refractivity contribution in [2.45, 2.75) is 109 Å². The van der Waals surface area contributed by atoms with Gasteiger partial charge < -0.3 is 29.5 Å². The fraction of sp³-hybridized carbons (Fsp3) is 0.561. The summed E-state index contributed by atoms with van der Waals surface area (Å²) in [6.07, 6.45) is 8.17. The zero-order chi connectivity index (χ0) is 36.3. The molecule has 1 aromatic carbocycles. The van der Waals surface area contributed by atoms with E-state index in [1.54, 1.807) is 0 Å². The summed E-state index contributed by atoms with van der Waals surface area (Å²) in [5, 5.41) is 19.2. The van der Waals surface area contributed by atoms with Crippen molar-refractivity contribution in [2.75, 3.05) is 26.2 Å². The number of aromatic nitrogens is 3. The number of rotatable bonds is 7. The lowest BCUT2D eigenvalue weighted by molar-refractivity contribution is -0.141. The van der Waals surface area contributed by atoms with E-state index in [9.17, 15) is 19.5 Å². The summed E-state index contributed by atoms with van der Waals surface area (Å²) in [5.41, 5.74) is 6.55. The van der Waals surface area contributed by atoms with Gasteiger partial charge in [0, 0.05) is 67.7 Å². The first-order chi connectivity index (χ1) is 24.9. The summed E-state index contributed by atoms with van der Waals surface area (Å²) in [7, 11) is 0. The van der Waals surface area contributed by atoms with Crippen molar-refractivity contribution in [3.63, 3.8) is 0 Å². The van der Waals surface area contributed by atoms with Crippen LogP contribution >= 0.6 is 0 Å². The Kier molecular flexibility index (Phi) is 9.04. The molecule has 2 aliphatic heterocycles. The number of hydrogen-bond acceptors (Lipinski definition) is 6. The topological polar surface area (TPSA) is 121 Å². The molecule has 4 fully saturated rings. The van der Waals surface area contributed by atoms with Gasteiger partial charge in [0.25, 0.3) is 5.91 Å². The van der Waals surface area contributed by atoms with E-state index < -0.39 is 11.7 Å². The SMILES string of the molecule is Cc1c(-c2cc3cccc(C4CN(C(=O)[C@H]5CC[C@H](O)CC5)C4)c3n2CC2CC2)nn2cc(C(=O)N3CCC[C@@H](NC(=O)OC(C)(C)C)C3)ccc12. The van der Waals surface area contributed by atoms with E-state index in [0.29, 0.717) is 24.6 Å². The van der Waals surface area contributed by atoms with Crippen LogP contribution in [0.15, 0.2) is 42.6 Å². The molecule has 4 aliphatic rings. The number of ether oxygens (including phenoxy) is 1. The van der Waals surface area contributed by atoms with Gasteiger partial charge in [0.2, 0.25) is 5.91 Å². The van der Waals surface area contributed by atoms with E-state index >= 15 is 0 Å². The van der Waals surface area contributed by atoms with Crippen LogP contribution in [0.5, 0.6) is 0 Å².